The van der Waals surface area contributed by atoms with Crippen LogP contribution in [0.3, 0.4) is 0 Å². The number of fused-ring (bicyclic) bond motifs is 1. The van der Waals surface area contributed by atoms with E-state index in [0.29, 0.717) is 51.7 Å². The summed E-state index contributed by atoms with van der Waals surface area (Å²) in [5.74, 6) is 0.0300. The van der Waals surface area contributed by atoms with Gasteiger partial charge in [-0.2, -0.15) is 13.2 Å². The van der Waals surface area contributed by atoms with Gasteiger partial charge >= 0.3 is 12.1 Å². The van der Waals surface area contributed by atoms with Gasteiger partial charge in [0.15, 0.2) is 0 Å². The molecule has 1 fully saturated rings. The lowest BCUT2D eigenvalue weighted by Crippen LogP contribution is -2.38. The van der Waals surface area contributed by atoms with Gasteiger partial charge in [0.05, 0.1) is 23.6 Å². The highest BCUT2D eigenvalue weighted by Crippen LogP contribution is 2.40. The molecule has 0 bridgehead atoms. The van der Waals surface area contributed by atoms with Gasteiger partial charge in [0, 0.05) is 35.1 Å². The summed E-state index contributed by atoms with van der Waals surface area (Å²) in [7, 11) is 3.08. The van der Waals surface area contributed by atoms with Crippen molar-refractivity contribution < 1.29 is 27.4 Å². The molecule has 0 radical (unpaired) electrons. The highest BCUT2D eigenvalue weighted by Gasteiger charge is 2.37. The van der Waals surface area contributed by atoms with Crippen LogP contribution in [0.15, 0.2) is 30.3 Å². The van der Waals surface area contributed by atoms with Gasteiger partial charge in [-0.3, -0.25) is 4.79 Å². The van der Waals surface area contributed by atoms with E-state index in [4.69, 9.17) is 32.7 Å². The largest absolute Gasteiger partial charge is 0.489 e. The first-order chi connectivity index (χ1) is 15.5. The Hall–Kier alpha value is -2.38. The Morgan fingerprint density at radius 1 is 1.18 bits per heavy atom. The number of halogens is 5. The maximum absolute atomic E-state index is 13.3. The van der Waals surface area contributed by atoms with Gasteiger partial charge in [-0.25, -0.2) is 0 Å². The van der Waals surface area contributed by atoms with E-state index in [1.807, 2.05) is 6.07 Å². The molecule has 1 heterocycles. The van der Waals surface area contributed by atoms with E-state index < -0.39 is 11.7 Å². The third kappa shape index (κ3) is 4.53. The van der Waals surface area contributed by atoms with Crippen molar-refractivity contribution in [2.24, 2.45) is 13.0 Å². The molecule has 1 aliphatic carbocycles. The van der Waals surface area contributed by atoms with E-state index in [0.717, 1.165) is 23.2 Å². The quantitative estimate of drug-likeness (QED) is 0.365. The average Bonchev–Trinajstić information content (AvgIpc) is 3.04. The van der Waals surface area contributed by atoms with Crippen molar-refractivity contribution in [3.8, 4) is 5.75 Å². The fourth-order valence-corrected chi connectivity index (χ4v) is 4.76. The number of ether oxygens (including phenoxy) is 2. The number of rotatable bonds is 5. The second-order valence-corrected chi connectivity index (χ2v) is 9.15. The molecule has 0 spiro atoms. The molecule has 1 aromatic heterocycles. The van der Waals surface area contributed by atoms with Gasteiger partial charge in [0.1, 0.15) is 11.9 Å². The smallest absolute Gasteiger partial charge is 0.416 e. The molecule has 0 saturated heterocycles. The highest BCUT2D eigenvalue weighted by molar-refractivity contribution is 6.37. The van der Waals surface area contributed by atoms with E-state index in [1.54, 1.807) is 30.7 Å². The number of carbonyl (C=O) groups excluding carboxylic acids is 1. The minimum absolute atomic E-state index is 0.151. The molecule has 4 rings (SSSR count). The Labute approximate surface area is 199 Å². The van der Waals surface area contributed by atoms with Gasteiger partial charge in [0.2, 0.25) is 0 Å². The fourth-order valence-electron chi connectivity index (χ4n) is 4.21. The summed E-state index contributed by atoms with van der Waals surface area (Å²) in [5.41, 5.74) is 1.74. The Kier molecular flexibility index (Phi) is 6.31. The van der Waals surface area contributed by atoms with Crippen molar-refractivity contribution in [3.63, 3.8) is 0 Å². The van der Waals surface area contributed by atoms with Crippen LogP contribution < -0.4 is 4.74 Å². The number of esters is 1. The lowest BCUT2D eigenvalue weighted by Gasteiger charge is -2.33. The molecule has 33 heavy (non-hydrogen) atoms. The number of hydrogen-bond donors (Lipinski definition) is 0. The minimum atomic E-state index is -4.42. The lowest BCUT2D eigenvalue weighted by molar-refractivity contribution is -0.151. The van der Waals surface area contributed by atoms with Crippen molar-refractivity contribution in [2.45, 2.75) is 38.5 Å². The van der Waals surface area contributed by atoms with E-state index in [2.05, 4.69) is 0 Å². The molecular weight excluding hydrogens is 478 g/mol. The molecule has 1 aliphatic rings. The summed E-state index contributed by atoms with van der Waals surface area (Å²) in [6.45, 7) is 1.66. The standard InChI is InChI=1S/C24H22Cl2F3NO3/c1-12-6-14(24(27,28)29)9-20-17(12)10-15(30(20)2)11-18-19(25)4-5-21(22(18)26)33-16-7-13(8-16)23(31)32-3/h4-6,9-10,13,16H,7-8,11H2,1-3H3. The van der Waals surface area contributed by atoms with Crippen LogP contribution in [0.1, 0.15) is 35.2 Å². The van der Waals surface area contributed by atoms with Gasteiger partial charge < -0.3 is 14.0 Å². The minimum Gasteiger partial charge on any atom is -0.489 e. The molecular formula is C24H22Cl2F3NO3. The number of hydrogen-bond acceptors (Lipinski definition) is 3. The second kappa shape index (κ2) is 8.76. The van der Waals surface area contributed by atoms with Gasteiger partial charge in [0.25, 0.3) is 0 Å². The summed E-state index contributed by atoms with van der Waals surface area (Å²) in [6, 6.07) is 7.53. The summed E-state index contributed by atoms with van der Waals surface area (Å²) < 4.78 is 52.3. The first-order valence-electron chi connectivity index (χ1n) is 10.4. The zero-order chi connectivity index (χ0) is 24.1. The van der Waals surface area contributed by atoms with Crippen molar-refractivity contribution in [1.82, 2.24) is 4.57 Å². The average molecular weight is 500 g/mol. The Morgan fingerprint density at radius 2 is 1.88 bits per heavy atom. The maximum atomic E-state index is 13.3. The topological polar surface area (TPSA) is 40.5 Å². The van der Waals surface area contributed by atoms with Crippen molar-refractivity contribution in [1.29, 1.82) is 0 Å². The normalized spacial score (nSPS) is 18.3. The second-order valence-electron chi connectivity index (χ2n) is 8.36. The number of methoxy groups -OCH3 is 1. The number of aryl methyl sites for hydroxylation is 2. The highest BCUT2D eigenvalue weighted by atomic mass is 35.5. The summed E-state index contributed by atoms with van der Waals surface area (Å²) in [6.07, 6.45) is -3.16. The third-order valence-electron chi connectivity index (χ3n) is 6.23. The molecule has 3 aromatic rings. The van der Waals surface area contributed by atoms with E-state index in [9.17, 15) is 18.0 Å². The van der Waals surface area contributed by atoms with Crippen LogP contribution in [0.5, 0.6) is 5.75 Å². The number of benzene rings is 2. The van der Waals surface area contributed by atoms with Crippen LogP contribution in [0.25, 0.3) is 10.9 Å². The Bertz CT molecular complexity index is 1230. The summed E-state index contributed by atoms with van der Waals surface area (Å²) in [5, 5.41) is 1.52. The summed E-state index contributed by atoms with van der Waals surface area (Å²) >= 11 is 13.1. The Balaban J connectivity index is 1.62. The summed E-state index contributed by atoms with van der Waals surface area (Å²) in [4.78, 5) is 11.6. The maximum Gasteiger partial charge on any atom is 0.416 e. The fraction of sp³-hybridized carbons (Fsp3) is 0.375. The van der Waals surface area contributed by atoms with E-state index in [-0.39, 0.29) is 18.0 Å². The van der Waals surface area contributed by atoms with Crippen LogP contribution in [0.2, 0.25) is 10.0 Å². The number of aromatic nitrogens is 1. The number of alkyl halides is 3. The molecule has 2 aromatic carbocycles. The van der Waals surface area contributed by atoms with Gasteiger partial charge in [-0.1, -0.05) is 23.2 Å². The molecule has 0 N–H and O–H groups in total. The van der Waals surface area contributed by atoms with Crippen LogP contribution in [-0.2, 0) is 29.2 Å². The van der Waals surface area contributed by atoms with Crippen LogP contribution in [0.4, 0.5) is 13.2 Å². The lowest BCUT2D eigenvalue weighted by atomic mass is 9.82. The van der Waals surface area contributed by atoms with Crippen LogP contribution >= 0.6 is 23.2 Å². The monoisotopic (exact) mass is 499 g/mol. The van der Waals surface area contributed by atoms with Crippen LogP contribution in [0, 0.1) is 12.8 Å². The van der Waals surface area contributed by atoms with Crippen molar-refractivity contribution >= 4 is 40.1 Å². The molecule has 1 saturated carbocycles. The molecule has 9 heteroatoms. The van der Waals surface area contributed by atoms with E-state index >= 15 is 0 Å². The predicted octanol–water partition coefficient (Wildman–Crippen LogP) is 6.73. The first-order valence-corrected chi connectivity index (χ1v) is 11.1. The van der Waals surface area contributed by atoms with E-state index in [1.165, 1.54) is 7.11 Å². The number of carbonyl (C=O) groups is 1. The van der Waals surface area contributed by atoms with Crippen molar-refractivity contribution in [3.05, 3.63) is 62.8 Å². The number of nitrogens with zero attached hydrogens (tertiary/aromatic N) is 1. The zero-order valence-corrected chi connectivity index (χ0v) is 19.7. The molecule has 0 amide bonds. The first kappa shape index (κ1) is 23.8. The van der Waals surface area contributed by atoms with Gasteiger partial charge in [-0.15, -0.1) is 0 Å². The molecule has 176 valence electrons. The molecule has 0 aliphatic heterocycles. The Morgan fingerprint density at radius 3 is 2.52 bits per heavy atom. The molecule has 0 atom stereocenters. The third-order valence-corrected chi connectivity index (χ3v) is 7.00. The molecule has 0 unspecified atom stereocenters. The van der Waals surface area contributed by atoms with Gasteiger partial charge in [-0.05, 0) is 61.2 Å². The zero-order valence-electron chi connectivity index (χ0n) is 18.2. The van der Waals surface area contributed by atoms with Crippen molar-refractivity contribution in [2.75, 3.05) is 7.11 Å². The SMILES string of the molecule is COC(=O)C1CC(Oc2ccc(Cl)c(Cc3cc4c(C)cc(C(F)(F)F)cc4n3C)c2Cl)C1. The van der Waals surface area contributed by atoms with Crippen LogP contribution in [-0.4, -0.2) is 23.8 Å². The predicted molar refractivity (Wildman–Crippen MR) is 121 cm³/mol. The molecule has 4 nitrogen and oxygen atoms in total.